The van der Waals surface area contributed by atoms with Crippen LogP contribution in [0.5, 0.6) is 5.75 Å². The van der Waals surface area contributed by atoms with Crippen molar-refractivity contribution in [3.63, 3.8) is 0 Å². The Morgan fingerprint density at radius 2 is 2.06 bits per heavy atom. The molecule has 1 rings (SSSR count). The number of hydrogen-bond acceptors (Lipinski definition) is 4. The van der Waals surface area contributed by atoms with Crippen molar-refractivity contribution in [2.45, 2.75) is 0 Å². The molecular formula is C12H11ClO4. The number of esters is 2. The predicted octanol–water partition coefficient (Wildman–Crippen LogP) is 2.02. The van der Waals surface area contributed by atoms with E-state index in [0.29, 0.717) is 11.3 Å². The van der Waals surface area contributed by atoms with Crippen LogP contribution in [0.1, 0.15) is 5.56 Å². The number of carbonyl (C=O) groups excluding carboxylic acids is 2. The average Bonchev–Trinajstić information content (AvgIpc) is 2.37. The van der Waals surface area contributed by atoms with Gasteiger partial charge in [-0.2, -0.15) is 0 Å². The summed E-state index contributed by atoms with van der Waals surface area (Å²) < 4.78 is 9.45. The van der Waals surface area contributed by atoms with Crippen LogP contribution in [0.2, 0.25) is 0 Å². The minimum Gasteiger partial charge on any atom is -0.466 e. The van der Waals surface area contributed by atoms with Crippen molar-refractivity contribution in [3.05, 3.63) is 35.9 Å². The molecule has 0 bridgehead atoms. The first-order valence-electron chi connectivity index (χ1n) is 4.79. The molecule has 0 aromatic heterocycles. The summed E-state index contributed by atoms with van der Waals surface area (Å²) in [6, 6.07) is 6.79. The second-order valence-electron chi connectivity index (χ2n) is 3.00. The van der Waals surface area contributed by atoms with Gasteiger partial charge in [0.2, 0.25) is 0 Å². The molecule has 0 aliphatic carbocycles. The molecule has 4 nitrogen and oxygen atoms in total. The molecule has 0 saturated carbocycles. The van der Waals surface area contributed by atoms with Gasteiger partial charge in [-0.25, -0.2) is 4.79 Å². The van der Waals surface area contributed by atoms with Crippen LogP contribution >= 0.6 is 11.6 Å². The van der Waals surface area contributed by atoms with E-state index in [1.807, 2.05) is 0 Å². The summed E-state index contributed by atoms with van der Waals surface area (Å²) in [5.41, 5.74) is 0.594. The normalized spacial score (nSPS) is 10.2. The summed E-state index contributed by atoms with van der Waals surface area (Å²) in [6.07, 6.45) is 2.75. The van der Waals surface area contributed by atoms with E-state index in [2.05, 4.69) is 4.74 Å². The zero-order valence-electron chi connectivity index (χ0n) is 9.18. The largest absolute Gasteiger partial charge is 0.466 e. The van der Waals surface area contributed by atoms with Gasteiger partial charge >= 0.3 is 11.9 Å². The number of ether oxygens (including phenoxy) is 2. The van der Waals surface area contributed by atoms with Crippen molar-refractivity contribution < 1.29 is 19.1 Å². The van der Waals surface area contributed by atoms with Crippen LogP contribution in [-0.4, -0.2) is 24.9 Å². The van der Waals surface area contributed by atoms with Crippen LogP contribution in [0.4, 0.5) is 0 Å². The van der Waals surface area contributed by atoms with Gasteiger partial charge in [-0.1, -0.05) is 18.2 Å². The molecule has 0 N–H and O–H groups in total. The Kier molecular flexibility index (Phi) is 5.23. The van der Waals surface area contributed by atoms with Gasteiger partial charge in [-0.15, -0.1) is 11.6 Å². The minimum atomic E-state index is -0.550. The molecule has 17 heavy (non-hydrogen) atoms. The summed E-state index contributed by atoms with van der Waals surface area (Å²) >= 11 is 5.34. The molecule has 1 aromatic rings. The van der Waals surface area contributed by atoms with E-state index in [0.717, 1.165) is 0 Å². The van der Waals surface area contributed by atoms with E-state index >= 15 is 0 Å². The molecule has 0 heterocycles. The average molecular weight is 255 g/mol. The molecule has 0 amide bonds. The Balaban J connectivity index is 2.88. The van der Waals surface area contributed by atoms with E-state index in [-0.39, 0.29) is 5.88 Å². The lowest BCUT2D eigenvalue weighted by molar-refractivity contribution is -0.134. The molecular weight excluding hydrogens is 244 g/mol. The zero-order chi connectivity index (χ0) is 12.7. The van der Waals surface area contributed by atoms with Crippen molar-refractivity contribution in [1.82, 2.24) is 0 Å². The first-order chi connectivity index (χ1) is 8.17. The fraction of sp³-hybridized carbons (Fsp3) is 0.167. The Hall–Kier alpha value is -1.81. The highest BCUT2D eigenvalue weighted by molar-refractivity contribution is 6.26. The molecule has 0 radical (unpaired) electrons. The molecule has 0 unspecified atom stereocenters. The highest BCUT2D eigenvalue weighted by atomic mass is 35.5. The maximum absolute atomic E-state index is 11.1. The third-order valence-electron chi connectivity index (χ3n) is 1.85. The number of hydrogen-bond donors (Lipinski definition) is 0. The van der Waals surface area contributed by atoms with E-state index in [1.165, 1.54) is 19.3 Å². The highest BCUT2D eigenvalue weighted by Gasteiger charge is 2.06. The van der Waals surface area contributed by atoms with E-state index in [4.69, 9.17) is 16.3 Å². The summed E-state index contributed by atoms with van der Waals surface area (Å²) in [5, 5.41) is 0. The topological polar surface area (TPSA) is 52.6 Å². The van der Waals surface area contributed by atoms with Gasteiger partial charge in [-0.3, -0.25) is 4.79 Å². The minimum absolute atomic E-state index is 0.227. The van der Waals surface area contributed by atoms with Crippen LogP contribution in [0.25, 0.3) is 6.08 Å². The Morgan fingerprint density at radius 1 is 1.35 bits per heavy atom. The van der Waals surface area contributed by atoms with Gasteiger partial charge in [0.1, 0.15) is 11.6 Å². The number of carbonyl (C=O) groups is 2. The fourth-order valence-corrected chi connectivity index (χ4v) is 1.14. The van der Waals surface area contributed by atoms with Crippen molar-refractivity contribution in [3.8, 4) is 5.75 Å². The van der Waals surface area contributed by atoms with Gasteiger partial charge in [0.15, 0.2) is 0 Å². The number of para-hydroxylation sites is 1. The molecule has 5 heteroatoms. The lowest BCUT2D eigenvalue weighted by Gasteiger charge is -2.05. The summed E-state index contributed by atoms with van der Waals surface area (Å²) in [6.45, 7) is 0. The van der Waals surface area contributed by atoms with E-state index in [1.54, 1.807) is 24.3 Å². The molecule has 0 saturated heterocycles. The number of halogens is 1. The summed E-state index contributed by atoms with van der Waals surface area (Å²) in [5.74, 6) is -0.915. The second kappa shape index (κ2) is 6.70. The summed E-state index contributed by atoms with van der Waals surface area (Å²) in [7, 11) is 1.28. The monoisotopic (exact) mass is 254 g/mol. The third kappa shape index (κ3) is 4.28. The van der Waals surface area contributed by atoms with Crippen LogP contribution in [-0.2, 0) is 14.3 Å². The molecule has 0 fully saturated rings. The molecule has 0 atom stereocenters. The number of alkyl halides is 1. The first-order valence-corrected chi connectivity index (χ1v) is 5.32. The molecule has 0 aliphatic heterocycles. The van der Waals surface area contributed by atoms with E-state index < -0.39 is 11.9 Å². The number of benzene rings is 1. The Morgan fingerprint density at radius 3 is 2.71 bits per heavy atom. The van der Waals surface area contributed by atoms with Gasteiger partial charge < -0.3 is 9.47 Å². The Bertz CT molecular complexity index is 440. The van der Waals surface area contributed by atoms with Crippen LogP contribution < -0.4 is 4.74 Å². The second-order valence-corrected chi connectivity index (χ2v) is 3.27. The smallest absolute Gasteiger partial charge is 0.330 e. The van der Waals surface area contributed by atoms with Gasteiger partial charge in [0, 0.05) is 11.6 Å². The zero-order valence-corrected chi connectivity index (χ0v) is 9.94. The maximum atomic E-state index is 11.1. The molecule has 0 spiro atoms. The van der Waals surface area contributed by atoms with Crippen molar-refractivity contribution in [2.24, 2.45) is 0 Å². The Labute approximate surface area is 104 Å². The van der Waals surface area contributed by atoms with Crippen LogP contribution in [0.15, 0.2) is 30.3 Å². The fourth-order valence-electron chi connectivity index (χ4n) is 1.09. The molecule has 90 valence electrons. The third-order valence-corrected chi connectivity index (χ3v) is 2.07. The lowest BCUT2D eigenvalue weighted by atomic mass is 10.2. The molecule has 0 aliphatic rings. The predicted molar refractivity (Wildman–Crippen MR) is 63.8 cm³/mol. The van der Waals surface area contributed by atoms with Crippen molar-refractivity contribution >= 4 is 29.6 Å². The quantitative estimate of drug-likeness (QED) is 0.357. The standard InChI is InChI=1S/C12H11ClO4/c1-16-11(14)7-6-9-4-2-3-5-10(9)17-12(15)8-13/h2-7H,8H2,1H3/b7-6+. The SMILES string of the molecule is COC(=O)/C=C/c1ccccc1OC(=O)CCl. The van der Waals surface area contributed by atoms with Gasteiger partial charge in [-0.05, 0) is 12.1 Å². The van der Waals surface area contributed by atoms with Crippen LogP contribution in [0, 0.1) is 0 Å². The van der Waals surface area contributed by atoms with Gasteiger partial charge in [0.25, 0.3) is 0 Å². The van der Waals surface area contributed by atoms with E-state index in [9.17, 15) is 9.59 Å². The van der Waals surface area contributed by atoms with Gasteiger partial charge in [0.05, 0.1) is 7.11 Å². The first kappa shape index (κ1) is 13.3. The van der Waals surface area contributed by atoms with Crippen molar-refractivity contribution in [2.75, 3.05) is 13.0 Å². The van der Waals surface area contributed by atoms with Crippen LogP contribution in [0.3, 0.4) is 0 Å². The van der Waals surface area contributed by atoms with Crippen molar-refractivity contribution in [1.29, 1.82) is 0 Å². The maximum Gasteiger partial charge on any atom is 0.330 e. The molecule has 1 aromatic carbocycles. The lowest BCUT2D eigenvalue weighted by Crippen LogP contribution is -2.09. The number of rotatable bonds is 4. The highest BCUT2D eigenvalue weighted by Crippen LogP contribution is 2.19. The summed E-state index contributed by atoms with van der Waals surface area (Å²) in [4.78, 5) is 22.0. The number of methoxy groups -OCH3 is 1.